The molecule has 1 aromatic heterocycles. The van der Waals surface area contributed by atoms with E-state index in [4.69, 9.17) is 9.47 Å². The molecule has 1 heterocycles. The maximum atomic E-state index is 12.7. The summed E-state index contributed by atoms with van der Waals surface area (Å²) in [6.07, 6.45) is 3.84. The van der Waals surface area contributed by atoms with E-state index in [9.17, 15) is 14.4 Å². The maximum Gasteiger partial charge on any atom is 0.329 e. The maximum absolute atomic E-state index is 12.7. The van der Waals surface area contributed by atoms with E-state index in [1.165, 1.54) is 6.92 Å². The van der Waals surface area contributed by atoms with Gasteiger partial charge in [-0.25, -0.2) is 4.79 Å². The Hall–Kier alpha value is -2.15. The first-order valence-corrected chi connectivity index (χ1v) is 9.90. The molecule has 1 aliphatic rings. The zero-order chi connectivity index (χ0) is 20.8. The molecule has 2 unspecified atom stereocenters. The minimum atomic E-state index is -0.679. The van der Waals surface area contributed by atoms with Crippen molar-refractivity contribution < 1.29 is 23.9 Å². The van der Waals surface area contributed by atoms with Crippen LogP contribution in [0.2, 0.25) is 0 Å². The van der Waals surface area contributed by atoms with Crippen molar-refractivity contribution >= 4 is 17.7 Å². The number of hydrogen-bond donors (Lipinski definition) is 1. The Morgan fingerprint density at radius 1 is 1.25 bits per heavy atom. The zero-order valence-corrected chi connectivity index (χ0v) is 17.5. The summed E-state index contributed by atoms with van der Waals surface area (Å²) in [6, 6.07) is 1.24. The molecule has 0 spiro atoms. The van der Waals surface area contributed by atoms with Crippen molar-refractivity contribution in [2.45, 2.75) is 65.5 Å². The van der Waals surface area contributed by atoms with Crippen LogP contribution in [0.3, 0.4) is 0 Å². The van der Waals surface area contributed by atoms with Crippen molar-refractivity contribution in [3.05, 3.63) is 23.0 Å². The summed E-state index contributed by atoms with van der Waals surface area (Å²) in [6.45, 7) is 7.44. The number of rotatable bonds is 9. The Labute approximate surface area is 166 Å². The minimum absolute atomic E-state index is 0.0754. The van der Waals surface area contributed by atoms with Crippen molar-refractivity contribution in [3.8, 4) is 0 Å². The second kappa shape index (κ2) is 9.87. The van der Waals surface area contributed by atoms with E-state index in [0.717, 1.165) is 37.1 Å². The van der Waals surface area contributed by atoms with Gasteiger partial charge in [-0.3, -0.25) is 9.59 Å². The van der Waals surface area contributed by atoms with E-state index in [2.05, 4.69) is 9.88 Å². The molecule has 0 radical (unpaired) electrons. The number of aromatic nitrogens is 1. The van der Waals surface area contributed by atoms with Crippen molar-refractivity contribution in [1.82, 2.24) is 9.88 Å². The fraction of sp³-hybridized carbons (Fsp3) is 0.667. The average Bonchev–Trinajstić information content (AvgIpc) is 3.25. The van der Waals surface area contributed by atoms with Crippen LogP contribution in [-0.2, 0) is 19.1 Å². The lowest BCUT2D eigenvalue weighted by molar-refractivity contribution is -0.148. The number of Topliss-reactive ketones (excluding diaryl/α,β-unsaturated/α-hetero) is 1. The van der Waals surface area contributed by atoms with E-state index in [1.54, 1.807) is 7.11 Å². The minimum Gasteiger partial charge on any atom is -0.456 e. The molecule has 0 bridgehead atoms. The summed E-state index contributed by atoms with van der Waals surface area (Å²) < 4.78 is 12.6. The monoisotopic (exact) mass is 392 g/mol. The normalized spacial score (nSPS) is 16.6. The van der Waals surface area contributed by atoms with Gasteiger partial charge in [0.2, 0.25) is 11.7 Å². The SMILES string of the molecule is COCC(C)n1c(C)cc(C(=O)COC(=O)C(NC(C)=O)C2CCCC2)c1C. The molecule has 1 saturated carbocycles. The van der Waals surface area contributed by atoms with Crippen molar-refractivity contribution in [3.63, 3.8) is 0 Å². The molecule has 1 amide bonds. The Kier molecular flexibility index (Phi) is 7.80. The van der Waals surface area contributed by atoms with Crippen LogP contribution in [0.1, 0.15) is 67.3 Å². The molecule has 1 aromatic rings. The fourth-order valence-corrected chi connectivity index (χ4v) is 4.24. The summed E-state index contributed by atoms with van der Waals surface area (Å²) in [4.78, 5) is 36.7. The van der Waals surface area contributed by atoms with E-state index in [0.29, 0.717) is 12.2 Å². The lowest BCUT2D eigenvalue weighted by atomic mass is 9.98. The molecular weight excluding hydrogens is 360 g/mol. The van der Waals surface area contributed by atoms with Crippen molar-refractivity contribution in [2.75, 3.05) is 20.3 Å². The van der Waals surface area contributed by atoms with Gasteiger partial charge in [0.15, 0.2) is 6.61 Å². The first kappa shape index (κ1) is 22.1. The second-order valence-corrected chi connectivity index (χ2v) is 7.71. The molecule has 7 heteroatoms. The van der Waals surface area contributed by atoms with E-state index in [1.807, 2.05) is 26.8 Å². The molecule has 1 N–H and O–H groups in total. The second-order valence-electron chi connectivity index (χ2n) is 7.71. The third-order valence-corrected chi connectivity index (χ3v) is 5.46. The molecule has 1 fully saturated rings. The lowest BCUT2D eigenvalue weighted by Gasteiger charge is -2.22. The number of methoxy groups -OCH3 is 1. The largest absolute Gasteiger partial charge is 0.456 e. The standard InChI is InChI=1S/C21H32N2O5/c1-13-10-18(15(3)23(13)14(2)11-27-5)19(25)12-28-21(26)20(22-16(4)24)17-8-6-7-9-17/h10,14,17,20H,6-9,11-12H2,1-5H3,(H,22,24). The Morgan fingerprint density at radius 3 is 2.46 bits per heavy atom. The molecule has 2 rings (SSSR count). The van der Waals surface area contributed by atoms with E-state index < -0.39 is 12.0 Å². The van der Waals surface area contributed by atoms with Crippen LogP contribution in [-0.4, -0.2) is 48.6 Å². The van der Waals surface area contributed by atoms with Crippen LogP contribution in [0.4, 0.5) is 0 Å². The van der Waals surface area contributed by atoms with Gasteiger partial charge in [-0.2, -0.15) is 0 Å². The highest BCUT2D eigenvalue weighted by molar-refractivity contribution is 5.99. The topological polar surface area (TPSA) is 86.6 Å². The fourth-order valence-electron chi connectivity index (χ4n) is 4.24. The van der Waals surface area contributed by atoms with Crippen LogP contribution >= 0.6 is 0 Å². The van der Waals surface area contributed by atoms with Gasteiger partial charge in [0.05, 0.1) is 12.6 Å². The first-order chi connectivity index (χ1) is 13.3. The lowest BCUT2D eigenvalue weighted by Crippen LogP contribution is -2.45. The number of hydrogen-bond acceptors (Lipinski definition) is 5. The highest BCUT2D eigenvalue weighted by Gasteiger charge is 2.33. The van der Waals surface area contributed by atoms with Gasteiger partial charge in [-0.1, -0.05) is 12.8 Å². The Balaban J connectivity index is 2.05. The van der Waals surface area contributed by atoms with Crippen LogP contribution in [0.15, 0.2) is 6.07 Å². The van der Waals surface area contributed by atoms with Gasteiger partial charge < -0.3 is 19.4 Å². The molecule has 0 aliphatic heterocycles. The number of ketones is 1. The highest BCUT2D eigenvalue weighted by Crippen LogP contribution is 2.28. The van der Waals surface area contributed by atoms with E-state index >= 15 is 0 Å². The zero-order valence-electron chi connectivity index (χ0n) is 17.5. The smallest absolute Gasteiger partial charge is 0.329 e. The molecular formula is C21H32N2O5. The number of esters is 1. The number of amides is 1. The van der Waals surface area contributed by atoms with Crippen LogP contribution < -0.4 is 5.32 Å². The third-order valence-electron chi connectivity index (χ3n) is 5.46. The molecule has 2 atom stereocenters. The van der Waals surface area contributed by atoms with Crippen LogP contribution in [0.5, 0.6) is 0 Å². The first-order valence-electron chi connectivity index (χ1n) is 9.90. The summed E-state index contributed by atoms with van der Waals surface area (Å²) in [5.74, 6) is -0.968. The van der Waals surface area contributed by atoms with Gasteiger partial charge >= 0.3 is 5.97 Å². The van der Waals surface area contributed by atoms with Gasteiger partial charge in [0.1, 0.15) is 6.04 Å². The van der Waals surface area contributed by atoms with Crippen LogP contribution in [0, 0.1) is 19.8 Å². The summed E-state index contributed by atoms with van der Waals surface area (Å²) >= 11 is 0. The van der Waals surface area contributed by atoms with Gasteiger partial charge in [-0.15, -0.1) is 0 Å². The number of aryl methyl sites for hydroxylation is 1. The van der Waals surface area contributed by atoms with Crippen molar-refractivity contribution in [2.24, 2.45) is 5.92 Å². The number of carbonyl (C=O) groups excluding carboxylic acids is 3. The Bertz CT molecular complexity index is 719. The quantitative estimate of drug-likeness (QED) is 0.516. The molecule has 0 aromatic carbocycles. The third kappa shape index (κ3) is 5.22. The number of nitrogens with zero attached hydrogens (tertiary/aromatic N) is 1. The summed E-state index contributed by atoms with van der Waals surface area (Å²) in [5, 5.41) is 2.70. The summed E-state index contributed by atoms with van der Waals surface area (Å²) in [5.41, 5.74) is 2.33. The predicted octanol–water partition coefficient (Wildman–Crippen LogP) is 2.73. The molecule has 1 aliphatic carbocycles. The number of ether oxygens (including phenoxy) is 2. The van der Waals surface area contributed by atoms with Crippen LogP contribution in [0.25, 0.3) is 0 Å². The molecule has 156 valence electrons. The van der Waals surface area contributed by atoms with E-state index in [-0.39, 0.29) is 30.3 Å². The van der Waals surface area contributed by atoms with Gasteiger partial charge in [0, 0.05) is 31.0 Å². The number of nitrogens with one attached hydrogen (secondary N) is 1. The Morgan fingerprint density at radius 2 is 1.89 bits per heavy atom. The molecule has 7 nitrogen and oxygen atoms in total. The molecule has 28 heavy (non-hydrogen) atoms. The predicted molar refractivity (Wildman–Crippen MR) is 105 cm³/mol. The van der Waals surface area contributed by atoms with Crippen molar-refractivity contribution in [1.29, 1.82) is 0 Å². The van der Waals surface area contributed by atoms with Gasteiger partial charge in [-0.05, 0) is 45.6 Å². The number of carbonyl (C=O) groups is 3. The average molecular weight is 392 g/mol. The summed E-state index contributed by atoms with van der Waals surface area (Å²) in [7, 11) is 1.64. The highest BCUT2D eigenvalue weighted by atomic mass is 16.5. The van der Waals surface area contributed by atoms with Gasteiger partial charge in [0.25, 0.3) is 0 Å². The molecule has 0 saturated heterocycles.